The lowest BCUT2D eigenvalue weighted by atomic mass is 10.3. The average Bonchev–Trinajstić information content (AvgIpc) is 2.75. The molecule has 5 nitrogen and oxygen atoms in total. The number of aromatic nitrogens is 2. The summed E-state index contributed by atoms with van der Waals surface area (Å²) in [6, 6.07) is 7.81. The number of hydrogen-bond acceptors (Lipinski definition) is 3. The van der Waals surface area contributed by atoms with Crippen LogP contribution in [0.2, 0.25) is 0 Å². The summed E-state index contributed by atoms with van der Waals surface area (Å²) >= 11 is 0. The number of carbonyl (C=O) groups is 1. The summed E-state index contributed by atoms with van der Waals surface area (Å²) < 4.78 is 7.24. The van der Waals surface area contributed by atoms with Crippen LogP contribution < -0.4 is 4.90 Å². The molecule has 0 spiro atoms. The highest BCUT2D eigenvalue weighted by Gasteiger charge is 2.22. The molecule has 2 aromatic rings. The van der Waals surface area contributed by atoms with E-state index < -0.39 is 6.10 Å². The second-order valence-electron chi connectivity index (χ2n) is 4.45. The number of fused-ring (bicyclic) bond motifs is 1. The van der Waals surface area contributed by atoms with E-state index in [-0.39, 0.29) is 5.91 Å². The summed E-state index contributed by atoms with van der Waals surface area (Å²) in [6.45, 7) is 4.15. The van der Waals surface area contributed by atoms with Gasteiger partial charge in [0, 0.05) is 20.7 Å². The minimum Gasteiger partial charge on any atom is -0.369 e. The van der Waals surface area contributed by atoms with Gasteiger partial charge in [-0.2, -0.15) is 0 Å². The normalized spacial score (nSPS) is 12.6. The maximum Gasteiger partial charge on any atom is 0.257 e. The molecule has 0 bridgehead atoms. The maximum absolute atomic E-state index is 12.2. The van der Waals surface area contributed by atoms with Crippen LogP contribution in [0, 0.1) is 0 Å². The lowest BCUT2D eigenvalue weighted by Gasteiger charge is -2.20. The van der Waals surface area contributed by atoms with Gasteiger partial charge in [0.2, 0.25) is 5.95 Å². The monoisotopic (exact) mass is 261 g/mol. The van der Waals surface area contributed by atoms with Gasteiger partial charge in [-0.3, -0.25) is 9.69 Å². The van der Waals surface area contributed by atoms with Crippen LogP contribution in [0.1, 0.15) is 13.8 Å². The number of para-hydroxylation sites is 2. The van der Waals surface area contributed by atoms with Crippen molar-refractivity contribution in [1.82, 2.24) is 9.55 Å². The van der Waals surface area contributed by atoms with Crippen molar-refractivity contribution in [3.63, 3.8) is 0 Å². The average molecular weight is 261 g/mol. The molecule has 2 rings (SSSR count). The number of amides is 1. The molecule has 1 atom stereocenters. The van der Waals surface area contributed by atoms with Crippen molar-refractivity contribution in [1.29, 1.82) is 0 Å². The Morgan fingerprint density at radius 2 is 2.16 bits per heavy atom. The summed E-state index contributed by atoms with van der Waals surface area (Å²) in [4.78, 5) is 18.2. The zero-order chi connectivity index (χ0) is 14.0. The van der Waals surface area contributed by atoms with E-state index in [0.717, 1.165) is 11.0 Å². The fraction of sp³-hybridized carbons (Fsp3) is 0.429. The van der Waals surface area contributed by atoms with Gasteiger partial charge in [0.05, 0.1) is 11.0 Å². The Kier molecular flexibility index (Phi) is 3.85. The molecule has 0 saturated heterocycles. The summed E-state index contributed by atoms with van der Waals surface area (Å²) in [7, 11) is 3.62. The molecule has 1 aromatic carbocycles. The third kappa shape index (κ3) is 2.46. The van der Waals surface area contributed by atoms with Gasteiger partial charge < -0.3 is 9.30 Å². The first-order valence-corrected chi connectivity index (χ1v) is 6.37. The van der Waals surface area contributed by atoms with Crippen molar-refractivity contribution in [2.75, 3.05) is 18.6 Å². The second-order valence-corrected chi connectivity index (χ2v) is 4.45. The predicted molar refractivity (Wildman–Crippen MR) is 75.2 cm³/mol. The molecule has 19 heavy (non-hydrogen) atoms. The molecule has 1 heterocycles. The molecular formula is C14H19N3O2. The van der Waals surface area contributed by atoms with Crippen molar-refractivity contribution in [2.24, 2.45) is 7.05 Å². The molecule has 102 valence electrons. The maximum atomic E-state index is 12.2. The van der Waals surface area contributed by atoms with Gasteiger partial charge in [0.25, 0.3) is 5.91 Å². The highest BCUT2D eigenvalue weighted by Crippen LogP contribution is 2.20. The lowest BCUT2D eigenvalue weighted by molar-refractivity contribution is -0.128. The minimum atomic E-state index is -0.463. The van der Waals surface area contributed by atoms with Crippen LogP contribution in [-0.2, 0) is 16.6 Å². The quantitative estimate of drug-likeness (QED) is 0.845. The number of ether oxygens (including phenoxy) is 1. The Morgan fingerprint density at radius 1 is 1.47 bits per heavy atom. The van der Waals surface area contributed by atoms with Crippen LogP contribution in [0.3, 0.4) is 0 Å². The van der Waals surface area contributed by atoms with Crippen LogP contribution in [0.15, 0.2) is 24.3 Å². The van der Waals surface area contributed by atoms with E-state index in [1.54, 1.807) is 18.9 Å². The fourth-order valence-electron chi connectivity index (χ4n) is 2.13. The van der Waals surface area contributed by atoms with Gasteiger partial charge in [-0.15, -0.1) is 0 Å². The molecule has 5 heteroatoms. The van der Waals surface area contributed by atoms with Gasteiger partial charge in [-0.1, -0.05) is 12.1 Å². The molecule has 0 aliphatic heterocycles. The van der Waals surface area contributed by atoms with Crippen LogP contribution in [0.5, 0.6) is 0 Å². The van der Waals surface area contributed by atoms with Crippen LogP contribution in [0.4, 0.5) is 5.95 Å². The highest BCUT2D eigenvalue weighted by atomic mass is 16.5. The number of carbonyl (C=O) groups excluding carboxylic acids is 1. The van der Waals surface area contributed by atoms with Crippen LogP contribution in [-0.4, -0.2) is 35.2 Å². The molecule has 0 radical (unpaired) electrons. The number of anilines is 1. The number of imidazole rings is 1. The summed E-state index contributed by atoms with van der Waals surface area (Å²) in [5, 5.41) is 0. The first-order valence-electron chi connectivity index (χ1n) is 6.37. The van der Waals surface area contributed by atoms with Crippen molar-refractivity contribution >= 4 is 22.9 Å². The van der Waals surface area contributed by atoms with Gasteiger partial charge in [0.15, 0.2) is 0 Å². The van der Waals surface area contributed by atoms with Gasteiger partial charge >= 0.3 is 0 Å². The van der Waals surface area contributed by atoms with E-state index in [2.05, 4.69) is 4.98 Å². The first-order chi connectivity index (χ1) is 9.06. The molecule has 0 aliphatic rings. The Balaban J connectivity index is 2.33. The standard InChI is InChI=1S/C14H19N3O2/c1-5-19-10(2)13(18)17(4)14-15-11-8-6-7-9-12(11)16(14)3/h6-10H,5H2,1-4H3/t10-/m0/s1. The van der Waals surface area contributed by atoms with E-state index in [9.17, 15) is 4.79 Å². The molecule has 1 aromatic heterocycles. The third-order valence-corrected chi connectivity index (χ3v) is 3.16. The van der Waals surface area contributed by atoms with Crippen LogP contribution >= 0.6 is 0 Å². The zero-order valence-electron chi connectivity index (χ0n) is 11.8. The molecule has 0 saturated carbocycles. The number of benzene rings is 1. The van der Waals surface area contributed by atoms with E-state index in [1.807, 2.05) is 42.8 Å². The number of likely N-dealkylation sites (N-methyl/N-ethyl adjacent to an activating group) is 1. The number of aryl methyl sites for hydroxylation is 1. The van der Waals surface area contributed by atoms with Gasteiger partial charge in [-0.05, 0) is 26.0 Å². The van der Waals surface area contributed by atoms with Gasteiger partial charge in [0.1, 0.15) is 6.10 Å². The predicted octanol–water partition coefficient (Wildman–Crippen LogP) is 1.96. The Labute approximate surface area is 112 Å². The largest absolute Gasteiger partial charge is 0.369 e. The third-order valence-electron chi connectivity index (χ3n) is 3.16. The van der Waals surface area contributed by atoms with E-state index >= 15 is 0 Å². The van der Waals surface area contributed by atoms with Crippen molar-refractivity contribution in [2.45, 2.75) is 20.0 Å². The van der Waals surface area contributed by atoms with Gasteiger partial charge in [-0.25, -0.2) is 4.98 Å². The Morgan fingerprint density at radius 3 is 2.79 bits per heavy atom. The number of hydrogen-bond donors (Lipinski definition) is 0. The van der Waals surface area contributed by atoms with Crippen molar-refractivity contribution in [3.05, 3.63) is 24.3 Å². The minimum absolute atomic E-state index is 0.0970. The first kappa shape index (κ1) is 13.5. The molecule has 0 unspecified atom stereocenters. The lowest BCUT2D eigenvalue weighted by Crippen LogP contribution is -2.37. The van der Waals surface area contributed by atoms with Crippen molar-refractivity contribution in [3.8, 4) is 0 Å². The van der Waals surface area contributed by atoms with E-state index in [1.165, 1.54) is 0 Å². The summed E-state index contributed by atoms with van der Waals surface area (Å²) in [5.41, 5.74) is 1.88. The molecule has 1 amide bonds. The molecule has 0 aliphatic carbocycles. The second kappa shape index (κ2) is 5.40. The van der Waals surface area contributed by atoms with Crippen molar-refractivity contribution < 1.29 is 9.53 Å². The van der Waals surface area contributed by atoms with E-state index in [4.69, 9.17) is 4.74 Å². The fourth-order valence-corrected chi connectivity index (χ4v) is 2.13. The SMILES string of the molecule is CCO[C@@H](C)C(=O)N(C)c1nc2ccccc2n1C. The summed E-state index contributed by atoms with van der Waals surface area (Å²) in [5.74, 6) is 0.526. The molecule has 0 fully saturated rings. The zero-order valence-corrected chi connectivity index (χ0v) is 11.8. The highest BCUT2D eigenvalue weighted by molar-refractivity contribution is 5.96. The summed E-state index contributed by atoms with van der Waals surface area (Å²) in [6.07, 6.45) is -0.463. The Hall–Kier alpha value is -1.88. The topological polar surface area (TPSA) is 47.4 Å². The smallest absolute Gasteiger partial charge is 0.257 e. The molecule has 0 N–H and O–H groups in total. The number of nitrogens with zero attached hydrogens (tertiary/aromatic N) is 3. The number of rotatable bonds is 4. The van der Waals surface area contributed by atoms with Crippen LogP contribution in [0.25, 0.3) is 11.0 Å². The molecular weight excluding hydrogens is 242 g/mol. The van der Waals surface area contributed by atoms with E-state index in [0.29, 0.717) is 12.6 Å². The Bertz CT molecular complexity index is 591.